The molecule has 0 radical (unpaired) electrons. The Morgan fingerprint density at radius 1 is 1.12 bits per heavy atom. The van der Waals surface area contributed by atoms with E-state index in [1.54, 1.807) is 12.3 Å². The van der Waals surface area contributed by atoms with Gasteiger partial charge in [0, 0.05) is 43.1 Å². The van der Waals surface area contributed by atoms with E-state index in [0.717, 1.165) is 44.0 Å². The van der Waals surface area contributed by atoms with Crippen LogP contribution in [-0.4, -0.2) is 83.5 Å². The maximum Gasteiger partial charge on any atom is 0.253 e. The summed E-state index contributed by atoms with van der Waals surface area (Å²) < 4.78 is 0. The summed E-state index contributed by atoms with van der Waals surface area (Å²) in [4.78, 5) is 29.6. The highest BCUT2D eigenvalue weighted by molar-refractivity contribution is 6.04. The molecule has 1 aromatic carbocycles. The predicted octanol–water partition coefficient (Wildman–Crippen LogP) is 3.06. The number of hydrogen-bond acceptors (Lipinski definition) is 6. The SMILES string of the molecule is CCN(CC)CC(C)NC(=O)c1ccnc2nc(-c3ccc(NCCN(C)C)cc3)[nH]c12. The summed E-state index contributed by atoms with van der Waals surface area (Å²) in [6, 6.07) is 9.88. The average Bonchev–Trinajstić information content (AvgIpc) is 3.22. The number of amides is 1. The number of carbonyl (C=O) groups excluding carboxylic acids is 1. The smallest absolute Gasteiger partial charge is 0.253 e. The van der Waals surface area contributed by atoms with Crippen LogP contribution in [0.3, 0.4) is 0 Å². The number of fused-ring (bicyclic) bond motifs is 1. The van der Waals surface area contributed by atoms with Crippen LogP contribution in [0.1, 0.15) is 31.1 Å². The number of pyridine rings is 1. The summed E-state index contributed by atoms with van der Waals surface area (Å²) in [5.41, 5.74) is 3.76. The van der Waals surface area contributed by atoms with Gasteiger partial charge in [-0.15, -0.1) is 0 Å². The number of nitrogens with zero attached hydrogens (tertiary/aromatic N) is 4. The number of H-pyrrole nitrogens is 1. The van der Waals surface area contributed by atoms with E-state index in [0.29, 0.717) is 22.6 Å². The van der Waals surface area contributed by atoms with Gasteiger partial charge in [-0.1, -0.05) is 13.8 Å². The van der Waals surface area contributed by atoms with Crippen LogP contribution < -0.4 is 10.6 Å². The average molecular weight is 438 g/mol. The number of benzene rings is 1. The molecule has 1 amide bonds. The first-order valence-corrected chi connectivity index (χ1v) is 11.3. The van der Waals surface area contributed by atoms with Crippen molar-refractivity contribution in [3.8, 4) is 11.4 Å². The second-order valence-corrected chi connectivity index (χ2v) is 8.31. The molecule has 0 bridgehead atoms. The van der Waals surface area contributed by atoms with Crippen LogP contribution >= 0.6 is 0 Å². The Hall–Kier alpha value is -2.97. The molecule has 2 aromatic heterocycles. The highest BCUT2D eigenvalue weighted by Gasteiger charge is 2.17. The van der Waals surface area contributed by atoms with Crippen molar-refractivity contribution in [3.63, 3.8) is 0 Å². The number of aromatic amines is 1. The van der Waals surface area contributed by atoms with E-state index in [-0.39, 0.29) is 11.9 Å². The van der Waals surface area contributed by atoms with Crippen molar-refractivity contribution >= 4 is 22.8 Å². The Kier molecular flexibility index (Phi) is 8.19. The fraction of sp³-hybridized carbons (Fsp3) is 0.458. The summed E-state index contributed by atoms with van der Waals surface area (Å²) >= 11 is 0. The van der Waals surface area contributed by atoms with Gasteiger partial charge in [0.05, 0.1) is 11.1 Å². The number of rotatable bonds is 11. The van der Waals surface area contributed by atoms with E-state index >= 15 is 0 Å². The molecule has 3 rings (SSSR count). The zero-order valence-electron chi connectivity index (χ0n) is 19.8. The lowest BCUT2D eigenvalue weighted by Crippen LogP contribution is -2.42. The van der Waals surface area contributed by atoms with Crippen LogP contribution in [0, 0.1) is 0 Å². The van der Waals surface area contributed by atoms with Crippen molar-refractivity contribution in [2.45, 2.75) is 26.8 Å². The summed E-state index contributed by atoms with van der Waals surface area (Å²) in [7, 11) is 4.11. The molecule has 2 heterocycles. The maximum atomic E-state index is 12.9. The molecular formula is C24H35N7O. The monoisotopic (exact) mass is 437 g/mol. The summed E-state index contributed by atoms with van der Waals surface area (Å²) in [5, 5.41) is 6.51. The normalized spacial score (nSPS) is 12.5. The van der Waals surface area contributed by atoms with Gasteiger partial charge in [-0.2, -0.15) is 0 Å². The first-order chi connectivity index (χ1) is 15.4. The molecule has 32 heavy (non-hydrogen) atoms. The second kappa shape index (κ2) is 11.1. The minimum atomic E-state index is -0.118. The van der Waals surface area contributed by atoms with Crippen LogP contribution in [0.5, 0.6) is 0 Å². The molecule has 8 nitrogen and oxygen atoms in total. The van der Waals surface area contributed by atoms with Gasteiger partial charge >= 0.3 is 0 Å². The first-order valence-electron chi connectivity index (χ1n) is 11.3. The molecule has 8 heteroatoms. The molecule has 0 aliphatic carbocycles. The zero-order chi connectivity index (χ0) is 23.1. The first kappa shape index (κ1) is 23.7. The molecule has 0 aliphatic rings. The van der Waals surface area contributed by atoms with Crippen molar-refractivity contribution in [2.24, 2.45) is 0 Å². The number of nitrogens with one attached hydrogen (secondary N) is 3. The molecule has 1 atom stereocenters. The lowest BCUT2D eigenvalue weighted by molar-refractivity contribution is 0.0931. The molecule has 3 N–H and O–H groups in total. The fourth-order valence-corrected chi connectivity index (χ4v) is 3.62. The fourth-order valence-electron chi connectivity index (χ4n) is 3.62. The third-order valence-electron chi connectivity index (χ3n) is 5.49. The standard InChI is InChI=1S/C24H35N7O/c1-6-31(7-2)16-17(3)27-24(32)20-12-13-26-23-21(20)28-22(29-23)18-8-10-19(11-9-18)25-14-15-30(4)5/h8-13,17,25H,6-7,14-16H2,1-5H3,(H,27,32)(H,26,28,29). The van der Waals surface area contributed by atoms with E-state index in [1.165, 1.54) is 0 Å². The Morgan fingerprint density at radius 3 is 2.50 bits per heavy atom. The largest absolute Gasteiger partial charge is 0.384 e. The molecule has 0 saturated carbocycles. The number of anilines is 1. The van der Waals surface area contributed by atoms with Crippen molar-refractivity contribution in [2.75, 3.05) is 52.1 Å². The third kappa shape index (κ3) is 6.05. The third-order valence-corrected chi connectivity index (χ3v) is 5.49. The van der Waals surface area contributed by atoms with Crippen molar-refractivity contribution in [1.29, 1.82) is 0 Å². The van der Waals surface area contributed by atoms with Crippen molar-refractivity contribution in [1.82, 2.24) is 30.1 Å². The van der Waals surface area contributed by atoms with Crippen molar-refractivity contribution < 1.29 is 4.79 Å². The predicted molar refractivity (Wildman–Crippen MR) is 131 cm³/mol. The van der Waals surface area contributed by atoms with Gasteiger partial charge < -0.3 is 25.4 Å². The quantitative estimate of drug-likeness (QED) is 0.427. The summed E-state index contributed by atoms with van der Waals surface area (Å²) in [6.45, 7) is 10.9. The zero-order valence-corrected chi connectivity index (χ0v) is 19.8. The van der Waals surface area contributed by atoms with E-state index in [1.807, 2.05) is 31.2 Å². The Morgan fingerprint density at radius 2 is 1.84 bits per heavy atom. The molecule has 0 fully saturated rings. The molecule has 0 saturated heterocycles. The van der Waals surface area contributed by atoms with Gasteiger partial charge in [-0.3, -0.25) is 4.79 Å². The second-order valence-electron chi connectivity index (χ2n) is 8.31. The van der Waals surface area contributed by atoms with Gasteiger partial charge in [0.2, 0.25) is 0 Å². The van der Waals surface area contributed by atoms with Gasteiger partial charge in [-0.25, -0.2) is 9.97 Å². The lowest BCUT2D eigenvalue weighted by atomic mass is 10.2. The Balaban J connectivity index is 1.74. The van der Waals surface area contributed by atoms with E-state index in [4.69, 9.17) is 0 Å². The number of aromatic nitrogens is 3. The Bertz CT molecular complexity index is 1010. The van der Waals surface area contributed by atoms with Gasteiger partial charge in [0.15, 0.2) is 5.65 Å². The molecule has 0 spiro atoms. The van der Waals surface area contributed by atoms with Gasteiger partial charge in [0.1, 0.15) is 5.82 Å². The minimum absolute atomic E-state index is 0.0422. The Labute approximate surface area is 190 Å². The van der Waals surface area contributed by atoms with E-state index in [9.17, 15) is 4.79 Å². The van der Waals surface area contributed by atoms with Gasteiger partial charge in [-0.05, 0) is 64.4 Å². The van der Waals surface area contributed by atoms with Crippen LogP contribution in [-0.2, 0) is 0 Å². The van der Waals surface area contributed by atoms with Crippen LogP contribution in [0.15, 0.2) is 36.5 Å². The highest BCUT2D eigenvalue weighted by Crippen LogP contribution is 2.23. The number of carbonyl (C=O) groups is 1. The highest BCUT2D eigenvalue weighted by atomic mass is 16.1. The number of hydrogen-bond donors (Lipinski definition) is 3. The number of imidazole rings is 1. The van der Waals surface area contributed by atoms with Crippen LogP contribution in [0.4, 0.5) is 5.69 Å². The molecule has 1 unspecified atom stereocenters. The lowest BCUT2D eigenvalue weighted by Gasteiger charge is -2.23. The summed E-state index contributed by atoms with van der Waals surface area (Å²) in [5.74, 6) is 0.580. The summed E-state index contributed by atoms with van der Waals surface area (Å²) in [6.07, 6.45) is 1.63. The molecule has 3 aromatic rings. The molecule has 172 valence electrons. The van der Waals surface area contributed by atoms with E-state index < -0.39 is 0 Å². The van der Waals surface area contributed by atoms with E-state index in [2.05, 4.69) is 63.3 Å². The molecule has 0 aliphatic heterocycles. The van der Waals surface area contributed by atoms with Crippen LogP contribution in [0.2, 0.25) is 0 Å². The van der Waals surface area contributed by atoms with Gasteiger partial charge in [0.25, 0.3) is 5.91 Å². The molecular weight excluding hydrogens is 402 g/mol. The maximum absolute atomic E-state index is 12.9. The topological polar surface area (TPSA) is 89.2 Å². The number of likely N-dealkylation sites (N-methyl/N-ethyl adjacent to an activating group) is 2. The van der Waals surface area contributed by atoms with Crippen LogP contribution in [0.25, 0.3) is 22.6 Å². The van der Waals surface area contributed by atoms with Crippen molar-refractivity contribution in [3.05, 3.63) is 42.1 Å². The minimum Gasteiger partial charge on any atom is -0.384 e.